The number of amides is 1. The van der Waals surface area contributed by atoms with Crippen LogP contribution in [0.15, 0.2) is 0 Å². The molecule has 1 aliphatic rings. The molecule has 1 fully saturated rings. The molecule has 1 heterocycles. The molecule has 0 aliphatic carbocycles. The van der Waals surface area contributed by atoms with E-state index in [9.17, 15) is 4.79 Å². The number of carboxylic acid groups (broad SMARTS) is 1. The zero-order chi connectivity index (χ0) is 9.19. The molecule has 0 saturated carbocycles. The van der Waals surface area contributed by atoms with Gasteiger partial charge in [-0.05, 0) is 18.4 Å². The van der Waals surface area contributed by atoms with Crippen LogP contribution in [-0.2, 0) is 0 Å². The first kappa shape index (κ1) is 9.32. The summed E-state index contributed by atoms with van der Waals surface area (Å²) in [6.07, 6.45) is -0.0470. The van der Waals surface area contributed by atoms with Gasteiger partial charge in [-0.3, -0.25) is 0 Å². The van der Waals surface area contributed by atoms with Crippen molar-refractivity contribution in [2.24, 2.45) is 5.41 Å². The Balaban J connectivity index is 2.54. The van der Waals surface area contributed by atoms with E-state index in [1.54, 1.807) is 0 Å². The van der Waals surface area contributed by atoms with Crippen molar-refractivity contribution in [3.05, 3.63) is 0 Å². The Hall–Kier alpha value is -0.770. The summed E-state index contributed by atoms with van der Waals surface area (Å²) in [5.41, 5.74) is 0.0244. The van der Waals surface area contributed by atoms with E-state index in [1.807, 2.05) is 0 Å². The minimum absolute atomic E-state index is 0.0244. The SMILES string of the molecule is CC1(C)CNCCC1NC(=O)O. The van der Waals surface area contributed by atoms with E-state index in [0.29, 0.717) is 0 Å². The molecule has 1 unspecified atom stereocenters. The van der Waals surface area contributed by atoms with E-state index in [-0.39, 0.29) is 11.5 Å². The van der Waals surface area contributed by atoms with Crippen molar-refractivity contribution in [3.63, 3.8) is 0 Å². The smallest absolute Gasteiger partial charge is 0.404 e. The topological polar surface area (TPSA) is 61.4 Å². The van der Waals surface area contributed by atoms with E-state index in [0.717, 1.165) is 19.5 Å². The third-order valence-electron chi connectivity index (χ3n) is 2.43. The maximum Gasteiger partial charge on any atom is 0.404 e. The van der Waals surface area contributed by atoms with Gasteiger partial charge in [0.25, 0.3) is 0 Å². The van der Waals surface area contributed by atoms with Crippen LogP contribution < -0.4 is 10.6 Å². The highest BCUT2D eigenvalue weighted by Gasteiger charge is 2.32. The minimum Gasteiger partial charge on any atom is -0.465 e. The molecule has 0 aromatic rings. The van der Waals surface area contributed by atoms with Crippen LogP contribution in [0.2, 0.25) is 0 Å². The second-order valence-corrected chi connectivity index (χ2v) is 3.96. The maximum atomic E-state index is 10.4. The van der Waals surface area contributed by atoms with Gasteiger partial charge in [-0.15, -0.1) is 0 Å². The van der Waals surface area contributed by atoms with Crippen LogP contribution in [0.3, 0.4) is 0 Å². The van der Waals surface area contributed by atoms with E-state index in [2.05, 4.69) is 24.5 Å². The molecule has 1 amide bonds. The molecule has 3 N–H and O–H groups in total. The summed E-state index contributed by atoms with van der Waals surface area (Å²) in [5, 5.41) is 14.4. The molecular weight excluding hydrogens is 156 g/mol. The maximum absolute atomic E-state index is 10.4. The predicted octanol–water partition coefficient (Wildman–Crippen LogP) is 0.642. The Labute approximate surface area is 72.3 Å². The van der Waals surface area contributed by atoms with Gasteiger partial charge < -0.3 is 15.7 Å². The number of rotatable bonds is 1. The quantitative estimate of drug-likeness (QED) is 0.544. The normalized spacial score (nSPS) is 28.0. The zero-order valence-corrected chi connectivity index (χ0v) is 7.55. The van der Waals surface area contributed by atoms with Gasteiger partial charge in [0.15, 0.2) is 0 Å². The summed E-state index contributed by atoms with van der Waals surface area (Å²) in [6.45, 7) is 5.91. The lowest BCUT2D eigenvalue weighted by Crippen LogP contribution is -2.54. The first-order chi connectivity index (χ1) is 5.52. The fraction of sp³-hybridized carbons (Fsp3) is 0.875. The summed E-state index contributed by atoms with van der Waals surface area (Å²) in [7, 11) is 0. The number of hydrogen-bond acceptors (Lipinski definition) is 2. The first-order valence-corrected chi connectivity index (χ1v) is 4.22. The van der Waals surface area contributed by atoms with Crippen molar-refractivity contribution in [2.45, 2.75) is 26.3 Å². The lowest BCUT2D eigenvalue weighted by Gasteiger charge is -2.38. The third kappa shape index (κ3) is 2.11. The lowest BCUT2D eigenvalue weighted by molar-refractivity contribution is 0.152. The van der Waals surface area contributed by atoms with E-state index < -0.39 is 6.09 Å². The zero-order valence-electron chi connectivity index (χ0n) is 7.55. The van der Waals surface area contributed by atoms with Crippen molar-refractivity contribution < 1.29 is 9.90 Å². The summed E-state index contributed by atoms with van der Waals surface area (Å²) in [5.74, 6) is 0. The fourth-order valence-electron chi connectivity index (χ4n) is 1.59. The van der Waals surface area contributed by atoms with Gasteiger partial charge in [0, 0.05) is 12.6 Å². The number of nitrogens with one attached hydrogen (secondary N) is 2. The van der Waals surface area contributed by atoms with Crippen molar-refractivity contribution in [2.75, 3.05) is 13.1 Å². The highest BCUT2D eigenvalue weighted by molar-refractivity contribution is 5.65. The second-order valence-electron chi connectivity index (χ2n) is 3.96. The van der Waals surface area contributed by atoms with Crippen molar-refractivity contribution in [3.8, 4) is 0 Å². The van der Waals surface area contributed by atoms with Crippen LogP contribution in [0.4, 0.5) is 4.79 Å². The molecule has 4 nitrogen and oxygen atoms in total. The van der Waals surface area contributed by atoms with Crippen LogP contribution >= 0.6 is 0 Å². The van der Waals surface area contributed by atoms with Crippen LogP contribution in [0.1, 0.15) is 20.3 Å². The Morgan fingerprint density at radius 1 is 1.67 bits per heavy atom. The molecule has 1 atom stereocenters. The Morgan fingerprint density at radius 3 is 2.83 bits per heavy atom. The monoisotopic (exact) mass is 172 g/mol. The van der Waals surface area contributed by atoms with Gasteiger partial charge in [0.1, 0.15) is 0 Å². The van der Waals surface area contributed by atoms with Gasteiger partial charge in [0.2, 0.25) is 0 Å². The fourth-order valence-corrected chi connectivity index (χ4v) is 1.59. The standard InChI is InChI=1S/C8H16N2O2/c1-8(2)5-9-4-3-6(8)10-7(11)12/h6,9-10H,3-5H2,1-2H3,(H,11,12). The molecule has 0 spiro atoms. The molecule has 1 aliphatic heterocycles. The average molecular weight is 172 g/mol. The molecule has 4 heteroatoms. The molecule has 0 radical (unpaired) electrons. The number of piperidine rings is 1. The summed E-state index contributed by atoms with van der Waals surface area (Å²) < 4.78 is 0. The van der Waals surface area contributed by atoms with Gasteiger partial charge in [-0.1, -0.05) is 13.8 Å². The third-order valence-corrected chi connectivity index (χ3v) is 2.43. The highest BCUT2D eigenvalue weighted by Crippen LogP contribution is 2.24. The molecular formula is C8H16N2O2. The molecule has 0 aromatic carbocycles. The Kier molecular flexibility index (Phi) is 2.57. The van der Waals surface area contributed by atoms with Crippen molar-refractivity contribution in [1.29, 1.82) is 0 Å². The number of carbonyl (C=O) groups is 1. The van der Waals surface area contributed by atoms with Crippen molar-refractivity contribution in [1.82, 2.24) is 10.6 Å². The molecule has 70 valence electrons. The van der Waals surface area contributed by atoms with Crippen LogP contribution in [0.25, 0.3) is 0 Å². The molecule has 0 aromatic heterocycles. The van der Waals surface area contributed by atoms with Gasteiger partial charge >= 0.3 is 6.09 Å². The Bertz CT molecular complexity index is 180. The Morgan fingerprint density at radius 2 is 2.33 bits per heavy atom. The predicted molar refractivity (Wildman–Crippen MR) is 46.2 cm³/mol. The summed E-state index contributed by atoms with van der Waals surface area (Å²) >= 11 is 0. The van der Waals surface area contributed by atoms with Crippen LogP contribution in [0, 0.1) is 5.41 Å². The molecule has 1 rings (SSSR count). The van der Waals surface area contributed by atoms with Gasteiger partial charge in [-0.25, -0.2) is 4.79 Å². The largest absolute Gasteiger partial charge is 0.465 e. The molecule has 1 saturated heterocycles. The van der Waals surface area contributed by atoms with Gasteiger partial charge in [-0.2, -0.15) is 0 Å². The molecule has 0 bridgehead atoms. The van der Waals surface area contributed by atoms with E-state index in [4.69, 9.17) is 5.11 Å². The number of hydrogen-bond donors (Lipinski definition) is 3. The average Bonchev–Trinajstić information content (AvgIpc) is 1.92. The summed E-state index contributed by atoms with van der Waals surface area (Å²) in [4.78, 5) is 10.4. The molecule has 12 heavy (non-hydrogen) atoms. The van der Waals surface area contributed by atoms with Crippen molar-refractivity contribution >= 4 is 6.09 Å². The highest BCUT2D eigenvalue weighted by atomic mass is 16.4. The van der Waals surface area contributed by atoms with E-state index in [1.165, 1.54) is 0 Å². The van der Waals surface area contributed by atoms with E-state index >= 15 is 0 Å². The second kappa shape index (κ2) is 3.31. The van der Waals surface area contributed by atoms with Crippen LogP contribution in [0.5, 0.6) is 0 Å². The first-order valence-electron chi connectivity index (χ1n) is 4.22. The van der Waals surface area contributed by atoms with Crippen LogP contribution in [-0.4, -0.2) is 30.3 Å². The minimum atomic E-state index is -0.921. The lowest BCUT2D eigenvalue weighted by atomic mass is 9.80. The van der Waals surface area contributed by atoms with Gasteiger partial charge in [0.05, 0.1) is 0 Å². The summed E-state index contributed by atoms with van der Waals surface area (Å²) in [6, 6.07) is 0.0799.